The van der Waals surface area contributed by atoms with Crippen LogP contribution >= 0.6 is 0 Å². The Morgan fingerprint density at radius 2 is 1.19 bits per heavy atom. The number of hydrogen-bond donors (Lipinski definition) is 0. The molecule has 0 aliphatic heterocycles. The van der Waals surface area contributed by atoms with Crippen LogP contribution in [0.1, 0.15) is 66.7 Å². The molecule has 0 bridgehead atoms. The van der Waals surface area contributed by atoms with Crippen LogP contribution in [0.3, 0.4) is 0 Å². The average molecular weight is 319 g/mol. The van der Waals surface area contributed by atoms with Gasteiger partial charge in [-0.15, -0.1) is 0 Å². The SMILES string of the molecule is CCO[Si](OCC)(OCC)OC1C(CC)CCCC1CC. The Kier molecular flexibility index (Phi) is 9.05. The topological polar surface area (TPSA) is 36.9 Å². The van der Waals surface area contributed by atoms with E-state index in [1.807, 2.05) is 20.8 Å². The van der Waals surface area contributed by atoms with Gasteiger partial charge in [0.1, 0.15) is 0 Å². The van der Waals surface area contributed by atoms with Gasteiger partial charge < -0.3 is 17.7 Å². The van der Waals surface area contributed by atoms with Gasteiger partial charge in [-0.1, -0.05) is 33.1 Å². The highest BCUT2D eigenvalue weighted by Gasteiger charge is 2.50. The zero-order chi connectivity index (χ0) is 15.7. The van der Waals surface area contributed by atoms with Crippen molar-refractivity contribution in [2.45, 2.75) is 72.8 Å². The first-order valence-electron chi connectivity index (χ1n) is 8.75. The van der Waals surface area contributed by atoms with Gasteiger partial charge in [0.25, 0.3) is 0 Å². The fourth-order valence-electron chi connectivity index (χ4n) is 3.35. The second-order valence-electron chi connectivity index (χ2n) is 5.65. The third kappa shape index (κ3) is 5.32. The molecule has 5 heteroatoms. The van der Waals surface area contributed by atoms with Crippen LogP contribution in [0.15, 0.2) is 0 Å². The van der Waals surface area contributed by atoms with Crippen LogP contribution in [-0.4, -0.2) is 35.0 Å². The molecule has 1 aliphatic rings. The Bertz CT molecular complexity index is 246. The third-order valence-electron chi connectivity index (χ3n) is 4.37. The molecule has 0 saturated heterocycles. The summed E-state index contributed by atoms with van der Waals surface area (Å²) >= 11 is 0. The fraction of sp³-hybridized carbons (Fsp3) is 1.00. The maximum Gasteiger partial charge on any atom is 0.679 e. The molecule has 0 aromatic rings. The van der Waals surface area contributed by atoms with E-state index in [4.69, 9.17) is 17.7 Å². The van der Waals surface area contributed by atoms with Crippen molar-refractivity contribution in [3.8, 4) is 0 Å². The largest absolute Gasteiger partial charge is 0.679 e. The smallest absolute Gasteiger partial charge is 0.351 e. The first-order valence-corrected chi connectivity index (χ1v) is 10.4. The van der Waals surface area contributed by atoms with Crippen LogP contribution < -0.4 is 0 Å². The molecule has 0 spiro atoms. The van der Waals surface area contributed by atoms with E-state index < -0.39 is 9.05 Å². The van der Waals surface area contributed by atoms with Crippen LogP contribution in [0.5, 0.6) is 0 Å². The van der Waals surface area contributed by atoms with Gasteiger partial charge in [0.05, 0.1) is 6.10 Å². The molecule has 2 unspecified atom stereocenters. The molecule has 0 amide bonds. The van der Waals surface area contributed by atoms with Crippen LogP contribution in [0.4, 0.5) is 0 Å². The second kappa shape index (κ2) is 9.95. The standard InChI is InChI=1S/C16H34O4Si/c1-6-14-12-11-13-15(7-2)16(14)20-21(17-8-3,18-9-4)19-10-5/h14-16H,6-13H2,1-5H3. The Hall–Kier alpha value is 0.0569. The molecule has 1 aliphatic carbocycles. The van der Waals surface area contributed by atoms with E-state index in [2.05, 4.69) is 13.8 Å². The fourth-order valence-corrected chi connectivity index (χ4v) is 5.58. The Balaban J connectivity index is 2.89. The molecule has 1 fully saturated rings. The zero-order valence-electron chi connectivity index (χ0n) is 14.5. The van der Waals surface area contributed by atoms with Gasteiger partial charge in [-0.25, -0.2) is 0 Å². The van der Waals surface area contributed by atoms with Gasteiger partial charge in [0.15, 0.2) is 0 Å². The summed E-state index contributed by atoms with van der Waals surface area (Å²) < 4.78 is 24.1. The van der Waals surface area contributed by atoms with E-state index in [1.165, 1.54) is 19.3 Å². The molecule has 4 nitrogen and oxygen atoms in total. The molecular weight excluding hydrogens is 284 g/mol. The van der Waals surface area contributed by atoms with Crippen LogP contribution in [0, 0.1) is 11.8 Å². The first kappa shape index (κ1) is 19.1. The maximum atomic E-state index is 6.48. The van der Waals surface area contributed by atoms with Crippen molar-refractivity contribution in [3.05, 3.63) is 0 Å². The van der Waals surface area contributed by atoms with Gasteiger partial charge in [-0.2, -0.15) is 0 Å². The number of rotatable bonds is 10. The monoisotopic (exact) mass is 318 g/mol. The zero-order valence-corrected chi connectivity index (χ0v) is 15.5. The summed E-state index contributed by atoms with van der Waals surface area (Å²) in [5, 5.41) is 0. The summed E-state index contributed by atoms with van der Waals surface area (Å²) in [6.45, 7) is 12.1. The van der Waals surface area contributed by atoms with Crippen LogP contribution in [0.25, 0.3) is 0 Å². The second-order valence-corrected chi connectivity index (χ2v) is 7.75. The van der Waals surface area contributed by atoms with Gasteiger partial charge in [-0.05, 0) is 45.4 Å². The van der Waals surface area contributed by atoms with Crippen molar-refractivity contribution in [2.75, 3.05) is 19.8 Å². The van der Waals surface area contributed by atoms with E-state index in [1.54, 1.807) is 0 Å². The van der Waals surface area contributed by atoms with E-state index in [0.717, 1.165) is 12.8 Å². The minimum absolute atomic E-state index is 0.213. The maximum absolute atomic E-state index is 6.48. The summed E-state index contributed by atoms with van der Waals surface area (Å²) in [5.41, 5.74) is 0. The summed E-state index contributed by atoms with van der Waals surface area (Å²) in [6.07, 6.45) is 6.30. The van der Waals surface area contributed by atoms with Gasteiger partial charge in [0, 0.05) is 19.8 Å². The highest BCUT2D eigenvalue weighted by Crippen LogP contribution is 2.37. The molecular formula is C16H34O4Si. The quantitative estimate of drug-likeness (QED) is 0.567. The molecule has 2 atom stereocenters. The van der Waals surface area contributed by atoms with Crippen molar-refractivity contribution >= 4 is 9.05 Å². The molecule has 0 aromatic heterocycles. The Morgan fingerprint density at radius 1 is 0.762 bits per heavy atom. The van der Waals surface area contributed by atoms with E-state index in [0.29, 0.717) is 31.7 Å². The van der Waals surface area contributed by atoms with E-state index in [-0.39, 0.29) is 6.10 Å². The van der Waals surface area contributed by atoms with Crippen molar-refractivity contribution in [2.24, 2.45) is 11.8 Å². The first-order chi connectivity index (χ1) is 10.2. The third-order valence-corrected chi connectivity index (χ3v) is 6.86. The molecule has 0 aromatic carbocycles. The lowest BCUT2D eigenvalue weighted by Gasteiger charge is -2.41. The lowest BCUT2D eigenvalue weighted by atomic mass is 9.76. The summed E-state index contributed by atoms with van der Waals surface area (Å²) in [5.74, 6) is 1.19. The predicted molar refractivity (Wildman–Crippen MR) is 86.9 cm³/mol. The lowest BCUT2D eigenvalue weighted by Crippen LogP contribution is -2.54. The Morgan fingerprint density at radius 3 is 1.52 bits per heavy atom. The van der Waals surface area contributed by atoms with Gasteiger partial charge in [-0.3, -0.25) is 0 Å². The highest BCUT2D eigenvalue weighted by molar-refractivity contribution is 6.53. The van der Waals surface area contributed by atoms with E-state index >= 15 is 0 Å². The summed E-state index contributed by atoms with van der Waals surface area (Å²) in [7, 11) is -3.00. The average Bonchev–Trinajstić information content (AvgIpc) is 2.48. The summed E-state index contributed by atoms with van der Waals surface area (Å²) in [6, 6.07) is 0. The van der Waals surface area contributed by atoms with Crippen LogP contribution in [-0.2, 0) is 17.7 Å². The molecule has 0 heterocycles. The van der Waals surface area contributed by atoms with Crippen LogP contribution in [0.2, 0.25) is 0 Å². The van der Waals surface area contributed by atoms with Gasteiger partial charge >= 0.3 is 9.05 Å². The van der Waals surface area contributed by atoms with E-state index in [9.17, 15) is 0 Å². The van der Waals surface area contributed by atoms with Crippen molar-refractivity contribution in [1.82, 2.24) is 0 Å². The summed E-state index contributed by atoms with van der Waals surface area (Å²) in [4.78, 5) is 0. The van der Waals surface area contributed by atoms with Crippen molar-refractivity contribution in [1.29, 1.82) is 0 Å². The highest BCUT2D eigenvalue weighted by atomic mass is 28.4. The lowest BCUT2D eigenvalue weighted by molar-refractivity contribution is -0.0896. The molecule has 21 heavy (non-hydrogen) atoms. The van der Waals surface area contributed by atoms with Crippen molar-refractivity contribution < 1.29 is 17.7 Å². The minimum atomic E-state index is -3.00. The predicted octanol–water partition coefficient (Wildman–Crippen LogP) is 4.15. The molecule has 0 N–H and O–H groups in total. The van der Waals surface area contributed by atoms with Gasteiger partial charge in [0.2, 0.25) is 0 Å². The normalized spacial score (nSPS) is 27.0. The molecule has 126 valence electrons. The minimum Gasteiger partial charge on any atom is -0.351 e. The Labute approximate surface area is 132 Å². The molecule has 0 radical (unpaired) electrons. The molecule has 1 rings (SSSR count). The molecule has 1 saturated carbocycles. The number of hydrogen-bond acceptors (Lipinski definition) is 4. The van der Waals surface area contributed by atoms with Crippen molar-refractivity contribution in [3.63, 3.8) is 0 Å².